The number of likely N-dealkylation sites (tertiary alicyclic amines) is 1. The number of nitrogens with zero attached hydrogens (tertiary/aromatic N) is 4. The molecule has 26 heavy (non-hydrogen) atoms. The summed E-state index contributed by atoms with van der Waals surface area (Å²) in [6.45, 7) is 6.98. The van der Waals surface area contributed by atoms with Crippen molar-refractivity contribution in [1.82, 2.24) is 19.4 Å². The average Bonchev–Trinajstić information content (AvgIpc) is 3.28. The molecule has 1 aliphatic heterocycles. The molecule has 0 spiro atoms. The van der Waals surface area contributed by atoms with Crippen molar-refractivity contribution in [3.8, 4) is 0 Å². The van der Waals surface area contributed by atoms with E-state index in [1.54, 1.807) is 0 Å². The number of fused-ring (bicyclic) bond motifs is 1. The number of aromatic nitrogens is 3. The number of imidazole rings is 1. The van der Waals surface area contributed by atoms with Crippen LogP contribution < -0.4 is 0 Å². The van der Waals surface area contributed by atoms with Gasteiger partial charge in [0.15, 0.2) is 5.01 Å². The standard InChI is InChI=1S/C20H24N4OS/c1-14(2)18-21-9-12-24(18)13-15-7-10-23(11-8-15)20(25)19-22-16-5-3-4-6-17(16)26-19/h3-6,9,12,14-15H,7-8,10-11,13H2,1-2H3. The first-order chi connectivity index (χ1) is 12.6. The van der Waals surface area contributed by atoms with E-state index in [1.165, 1.54) is 11.3 Å². The molecule has 0 saturated carbocycles. The summed E-state index contributed by atoms with van der Waals surface area (Å²) >= 11 is 1.49. The van der Waals surface area contributed by atoms with Gasteiger partial charge < -0.3 is 9.47 Å². The molecule has 1 saturated heterocycles. The summed E-state index contributed by atoms with van der Waals surface area (Å²) in [7, 11) is 0. The number of piperidine rings is 1. The zero-order chi connectivity index (χ0) is 18.1. The Morgan fingerprint density at radius 3 is 2.77 bits per heavy atom. The Kier molecular flexibility index (Phi) is 4.76. The van der Waals surface area contributed by atoms with Crippen LogP contribution in [-0.4, -0.2) is 38.4 Å². The molecule has 1 aliphatic rings. The molecule has 2 aromatic heterocycles. The number of hydrogen-bond donors (Lipinski definition) is 0. The first-order valence-electron chi connectivity index (χ1n) is 9.27. The molecule has 1 amide bonds. The van der Waals surface area contributed by atoms with Crippen molar-refractivity contribution in [2.75, 3.05) is 13.1 Å². The van der Waals surface area contributed by atoms with Gasteiger partial charge in [0.25, 0.3) is 5.91 Å². The zero-order valence-corrected chi connectivity index (χ0v) is 16.1. The van der Waals surface area contributed by atoms with Gasteiger partial charge in [0.05, 0.1) is 10.2 Å². The van der Waals surface area contributed by atoms with Gasteiger partial charge >= 0.3 is 0 Å². The summed E-state index contributed by atoms with van der Waals surface area (Å²) in [6.07, 6.45) is 6.04. The largest absolute Gasteiger partial charge is 0.337 e. The van der Waals surface area contributed by atoms with E-state index in [0.717, 1.165) is 48.5 Å². The van der Waals surface area contributed by atoms with Crippen molar-refractivity contribution in [1.29, 1.82) is 0 Å². The Morgan fingerprint density at radius 1 is 1.27 bits per heavy atom. The summed E-state index contributed by atoms with van der Waals surface area (Å²) in [6, 6.07) is 7.94. The van der Waals surface area contributed by atoms with Crippen molar-refractivity contribution in [3.05, 3.63) is 47.5 Å². The fraction of sp³-hybridized carbons (Fsp3) is 0.450. The minimum atomic E-state index is 0.0788. The highest BCUT2D eigenvalue weighted by Gasteiger charge is 2.26. The van der Waals surface area contributed by atoms with Crippen LogP contribution in [0.15, 0.2) is 36.7 Å². The summed E-state index contributed by atoms with van der Waals surface area (Å²) in [4.78, 5) is 23.7. The predicted molar refractivity (Wildman–Crippen MR) is 105 cm³/mol. The van der Waals surface area contributed by atoms with Crippen LogP contribution >= 0.6 is 11.3 Å². The van der Waals surface area contributed by atoms with Crippen LogP contribution in [0.5, 0.6) is 0 Å². The van der Waals surface area contributed by atoms with Gasteiger partial charge in [-0.05, 0) is 30.9 Å². The molecule has 4 rings (SSSR count). The van der Waals surface area contributed by atoms with Gasteiger partial charge in [-0.3, -0.25) is 4.79 Å². The number of amides is 1. The van der Waals surface area contributed by atoms with Gasteiger partial charge in [0.2, 0.25) is 0 Å². The van der Waals surface area contributed by atoms with E-state index >= 15 is 0 Å². The topological polar surface area (TPSA) is 51.0 Å². The predicted octanol–water partition coefficient (Wildman–Crippen LogP) is 4.17. The Labute approximate surface area is 157 Å². The first kappa shape index (κ1) is 17.2. The second kappa shape index (κ2) is 7.19. The third kappa shape index (κ3) is 3.38. The van der Waals surface area contributed by atoms with Crippen LogP contribution in [0.3, 0.4) is 0 Å². The highest BCUT2D eigenvalue weighted by molar-refractivity contribution is 7.20. The lowest BCUT2D eigenvalue weighted by molar-refractivity contribution is 0.0682. The number of carbonyl (C=O) groups excluding carboxylic acids is 1. The van der Waals surface area contributed by atoms with Crippen molar-refractivity contribution < 1.29 is 4.79 Å². The average molecular weight is 369 g/mol. The number of para-hydroxylation sites is 1. The van der Waals surface area contributed by atoms with Crippen LogP contribution in [0.1, 0.15) is 48.2 Å². The molecule has 3 heterocycles. The van der Waals surface area contributed by atoms with Crippen LogP contribution in [0.4, 0.5) is 0 Å². The molecule has 136 valence electrons. The molecule has 1 aromatic carbocycles. The van der Waals surface area contributed by atoms with Gasteiger partial charge in [0, 0.05) is 37.9 Å². The molecule has 5 nitrogen and oxygen atoms in total. The van der Waals surface area contributed by atoms with E-state index in [4.69, 9.17) is 0 Å². The maximum absolute atomic E-state index is 12.8. The molecule has 0 aliphatic carbocycles. The van der Waals surface area contributed by atoms with E-state index in [2.05, 4.69) is 34.6 Å². The van der Waals surface area contributed by atoms with E-state index in [9.17, 15) is 4.79 Å². The summed E-state index contributed by atoms with van der Waals surface area (Å²) in [5.41, 5.74) is 0.914. The number of carbonyl (C=O) groups is 1. The van der Waals surface area contributed by atoms with Crippen LogP contribution in [0, 0.1) is 5.92 Å². The van der Waals surface area contributed by atoms with Gasteiger partial charge in [-0.1, -0.05) is 26.0 Å². The van der Waals surface area contributed by atoms with E-state index in [-0.39, 0.29) is 5.91 Å². The smallest absolute Gasteiger partial charge is 0.282 e. The van der Waals surface area contributed by atoms with Crippen LogP contribution in [-0.2, 0) is 6.54 Å². The molecule has 0 radical (unpaired) electrons. The molecule has 6 heteroatoms. The highest BCUT2D eigenvalue weighted by atomic mass is 32.1. The fourth-order valence-corrected chi connectivity index (χ4v) is 4.61. The third-order valence-corrected chi connectivity index (χ3v) is 6.12. The Balaban J connectivity index is 1.38. The molecular weight excluding hydrogens is 344 g/mol. The molecule has 0 atom stereocenters. The van der Waals surface area contributed by atoms with Crippen molar-refractivity contribution in [3.63, 3.8) is 0 Å². The SMILES string of the molecule is CC(C)c1nccn1CC1CCN(C(=O)c2nc3ccccc3s2)CC1. The van der Waals surface area contributed by atoms with Crippen LogP contribution in [0.2, 0.25) is 0 Å². The Hall–Kier alpha value is -2.21. The number of hydrogen-bond acceptors (Lipinski definition) is 4. The second-order valence-corrected chi connectivity index (χ2v) is 8.35. The summed E-state index contributed by atoms with van der Waals surface area (Å²) < 4.78 is 3.35. The second-order valence-electron chi connectivity index (χ2n) is 7.31. The van der Waals surface area contributed by atoms with E-state index in [1.807, 2.05) is 35.4 Å². The van der Waals surface area contributed by atoms with Gasteiger partial charge in [-0.15, -0.1) is 11.3 Å². The van der Waals surface area contributed by atoms with Gasteiger partial charge in [-0.2, -0.15) is 0 Å². The fourth-order valence-electron chi connectivity index (χ4n) is 3.67. The minimum Gasteiger partial charge on any atom is -0.337 e. The lowest BCUT2D eigenvalue weighted by Gasteiger charge is -2.32. The van der Waals surface area contributed by atoms with Gasteiger partial charge in [0.1, 0.15) is 5.82 Å². The number of rotatable bonds is 4. The summed E-state index contributed by atoms with van der Waals surface area (Å²) in [5, 5.41) is 0.612. The lowest BCUT2D eigenvalue weighted by atomic mass is 9.96. The molecule has 0 unspecified atom stereocenters. The van der Waals surface area contributed by atoms with Crippen molar-refractivity contribution in [2.24, 2.45) is 5.92 Å². The Morgan fingerprint density at radius 2 is 2.04 bits per heavy atom. The van der Waals surface area contributed by atoms with Gasteiger partial charge in [-0.25, -0.2) is 9.97 Å². The molecular formula is C20H24N4OS. The summed E-state index contributed by atoms with van der Waals surface area (Å²) in [5.74, 6) is 2.26. The Bertz CT molecular complexity index is 872. The maximum atomic E-state index is 12.8. The van der Waals surface area contributed by atoms with E-state index in [0.29, 0.717) is 16.8 Å². The van der Waals surface area contributed by atoms with Crippen molar-refractivity contribution in [2.45, 2.75) is 39.2 Å². The third-order valence-electron chi connectivity index (χ3n) is 5.10. The normalized spacial score (nSPS) is 15.9. The zero-order valence-electron chi connectivity index (χ0n) is 15.3. The first-order valence-corrected chi connectivity index (χ1v) is 10.1. The minimum absolute atomic E-state index is 0.0788. The molecule has 0 N–H and O–H groups in total. The molecule has 1 fully saturated rings. The highest BCUT2D eigenvalue weighted by Crippen LogP contribution is 2.26. The quantitative estimate of drug-likeness (QED) is 0.694. The van der Waals surface area contributed by atoms with Crippen molar-refractivity contribution >= 4 is 27.5 Å². The number of benzene rings is 1. The number of thiazole rings is 1. The molecule has 0 bridgehead atoms. The van der Waals surface area contributed by atoms with Crippen LogP contribution in [0.25, 0.3) is 10.2 Å². The molecule has 3 aromatic rings. The monoisotopic (exact) mass is 368 g/mol. The maximum Gasteiger partial charge on any atom is 0.282 e. The lowest BCUT2D eigenvalue weighted by Crippen LogP contribution is -2.39. The van der Waals surface area contributed by atoms with E-state index < -0.39 is 0 Å².